The van der Waals surface area contributed by atoms with Gasteiger partial charge in [0.2, 0.25) is 0 Å². The van der Waals surface area contributed by atoms with Gasteiger partial charge < -0.3 is 5.11 Å². The van der Waals surface area contributed by atoms with Crippen molar-refractivity contribution in [3.05, 3.63) is 29.6 Å². The molecule has 19 heavy (non-hydrogen) atoms. The number of hydrogen-bond donors (Lipinski definition) is 1. The number of halogens is 4. The zero-order valence-electron chi connectivity index (χ0n) is 9.24. The normalized spacial score (nSPS) is 13.3. The van der Waals surface area contributed by atoms with E-state index in [1.807, 2.05) is 0 Å². The van der Waals surface area contributed by atoms with Gasteiger partial charge in [-0.1, -0.05) is 0 Å². The van der Waals surface area contributed by atoms with Crippen LogP contribution in [0.25, 0.3) is 0 Å². The number of rotatable bonds is 5. The smallest absolute Gasteiger partial charge is 0.478 e. The van der Waals surface area contributed by atoms with Gasteiger partial charge >= 0.3 is 12.3 Å². The van der Waals surface area contributed by atoms with Crippen LogP contribution in [-0.4, -0.2) is 34.0 Å². The predicted octanol–water partition coefficient (Wildman–Crippen LogP) is 2.17. The number of ether oxygens (including phenoxy) is 1. The molecule has 0 aliphatic carbocycles. The van der Waals surface area contributed by atoms with Gasteiger partial charge in [-0.3, -0.25) is 8.95 Å². The summed E-state index contributed by atoms with van der Waals surface area (Å²) in [5.41, 5.74) is -0.304. The van der Waals surface area contributed by atoms with Crippen LogP contribution < -0.4 is 0 Å². The van der Waals surface area contributed by atoms with Gasteiger partial charge in [0.25, 0.3) is 0 Å². The fourth-order valence-electron chi connectivity index (χ4n) is 1.15. The minimum atomic E-state index is -4.86. The first kappa shape index (κ1) is 15.6. The number of carboxylic acid groups (broad SMARTS) is 1. The molecule has 1 atom stereocenters. The Balaban J connectivity index is 2.76. The van der Waals surface area contributed by atoms with Crippen molar-refractivity contribution in [2.45, 2.75) is 11.3 Å². The highest BCUT2D eigenvalue weighted by molar-refractivity contribution is 7.85. The first-order chi connectivity index (χ1) is 8.70. The summed E-state index contributed by atoms with van der Waals surface area (Å²) in [5, 5.41) is 8.67. The molecule has 4 nitrogen and oxygen atoms in total. The van der Waals surface area contributed by atoms with E-state index in [4.69, 9.17) is 5.11 Å². The van der Waals surface area contributed by atoms with E-state index in [0.29, 0.717) is 0 Å². The highest BCUT2D eigenvalue weighted by atomic mass is 32.2. The first-order valence-electron chi connectivity index (χ1n) is 4.82. The fraction of sp³-hybridized carbons (Fsp3) is 0.300. The third kappa shape index (κ3) is 4.95. The Morgan fingerprint density at radius 1 is 1.37 bits per heavy atom. The minimum absolute atomic E-state index is 0.304. The average molecular weight is 300 g/mol. The Hall–Kier alpha value is -1.48. The number of aromatic carboxylic acids is 1. The second-order valence-electron chi connectivity index (χ2n) is 3.29. The molecule has 1 aromatic carbocycles. The van der Waals surface area contributed by atoms with Crippen molar-refractivity contribution in [1.82, 2.24) is 0 Å². The summed E-state index contributed by atoms with van der Waals surface area (Å²) in [6.07, 6.45) is -4.86. The topological polar surface area (TPSA) is 63.6 Å². The van der Waals surface area contributed by atoms with E-state index in [-0.39, 0.29) is 5.56 Å². The van der Waals surface area contributed by atoms with Crippen molar-refractivity contribution in [2.75, 3.05) is 12.4 Å². The molecule has 9 heteroatoms. The van der Waals surface area contributed by atoms with Crippen LogP contribution in [0.5, 0.6) is 0 Å². The van der Waals surface area contributed by atoms with E-state index in [1.54, 1.807) is 0 Å². The maximum atomic E-state index is 13.3. The van der Waals surface area contributed by atoms with E-state index >= 15 is 0 Å². The van der Waals surface area contributed by atoms with Crippen LogP contribution >= 0.6 is 0 Å². The Kier molecular flexibility index (Phi) is 5.01. The van der Waals surface area contributed by atoms with Crippen LogP contribution in [0.1, 0.15) is 10.4 Å². The van der Waals surface area contributed by atoms with E-state index in [9.17, 15) is 26.6 Å². The molecule has 0 saturated heterocycles. The SMILES string of the molecule is O=C(O)c1ccc(F)c(S(=O)CCOC(F)(F)F)c1. The Bertz CT molecular complexity index is 501. The third-order valence-corrected chi connectivity index (χ3v) is 3.30. The summed E-state index contributed by atoms with van der Waals surface area (Å²) in [7, 11) is -2.12. The molecule has 0 spiro atoms. The summed E-state index contributed by atoms with van der Waals surface area (Å²) in [6.45, 7) is -0.910. The second kappa shape index (κ2) is 6.11. The molecular weight excluding hydrogens is 292 g/mol. The Morgan fingerprint density at radius 2 is 2.00 bits per heavy atom. The van der Waals surface area contributed by atoms with Gasteiger partial charge in [-0.15, -0.1) is 13.2 Å². The van der Waals surface area contributed by atoms with Crippen LogP contribution in [0.15, 0.2) is 23.1 Å². The van der Waals surface area contributed by atoms with E-state index in [2.05, 4.69) is 4.74 Å². The highest BCUT2D eigenvalue weighted by Crippen LogP contribution is 2.18. The van der Waals surface area contributed by atoms with Gasteiger partial charge in [-0.05, 0) is 18.2 Å². The monoisotopic (exact) mass is 300 g/mol. The number of benzene rings is 1. The Morgan fingerprint density at radius 3 is 2.53 bits per heavy atom. The van der Waals surface area contributed by atoms with Gasteiger partial charge in [-0.2, -0.15) is 0 Å². The Labute approximate surface area is 107 Å². The van der Waals surface area contributed by atoms with Crippen molar-refractivity contribution >= 4 is 16.8 Å². The molecule has 1 aromatic rings. The van der Waals surface area contributed by atoms with Crippen molar-refractivity contribution < 1.29 is 36.4 Å². The maximum Gasteiger partial charge on any atom is 0.522 e. The van der Waals surface area contributed by atoms with Crippen molar-refractivity contribution in [2.24, 2.45) is 0 Å². The fourth-order valence-corrected chi connectivity index (χ4v) is 2.15. The van der Waals surface area contributed by atoms with Gasteiger partial charge in [0.05, 0.1) is 33.6 Å². The lowest BCUT2D eigenvalue weighted by Gasteiger charge is -2.08. The van der Waals surface area contributed by atoms with Crippen LogP contribution in [-0.2, 0) is 15.5 Å². The molecular formula is C10H8F4O4S. The molecule has 0 saturated carbocycles. The molecule has 106 valence electrons. The lowest BCUT2D eigenvalue weighted by atomic mass is 10.2. The molecule has 0 aromatic heterocycles. The van der Waals surface area contributed by atoms with Crippen LogP contribution in [0.3, 0.4) is 0 Å². The molecule has 0 bridgehead atoms. The zero-order valence-corrected chi connectivity index (χ0v) is 10.1. The molecule has 0 aliphatic heterocycles. The lowest BCUT2D eigenvalue weighted by Crippen LogP contribution is -2.18. The first-order valence-corrected chi connectivity index (χ1v) is 6.14. The van der Waals surface area contributed by atoms with Crippen molar-refractivity contribution in [1.29, 1.82) is 0 Å². The second-order valence-corrected chi connectivity index (χ2v) is 4.83. The van der Waals surface area contributed by atoms with Crippen molar-refractivity contribution in [3.63, 3.8) is 0 Å². The maximum absolute atomic E-state index is 13.3. The molecule has 0 fully saturated rings. The van der Waals surface area contributed by atoms with Crippen LogP contribution in [0.2, 0.25) is 0 Å². The number of carboxylic acids is 1. The number of carbonyl (C=O) groups is 1. The lowest BCUT2D eigenvalue weighted by molar-refractivity contribution is -0.322. The quantitative estimate of drug-likeness (QED) is 0.846. The molecule has 0 radical (unpaired) electrons. The minimum Gasteiger partial charge on any atom is -0.478 e. The average Bonchev–Trinajstić information content (AvgIpc) is 2.27. The zero-order chi connectivity index (χ0) is 14.6. The number of alkyl halides is 3. The molecule has 0 heterocycles. The van der Waals surface area contributed by atoms with Gasteiger partial charge in [0.1, 0.15) is 5.82 Å². The van der Waals surface area contributed by atoms with Gasteiger partial charge in [-0.25, -0.2) is 9.18 Å². The molecule has 1 unspecified atom stereocenters. The summed E-state index contributed by atoms with van der Waals surface area (Å²) in [4.78, 5) is 10.2. The van der Waals surface area contributed by atoms with Gasteiger partial charge in [0.15, 0.2) is 0 Å². The largest absolute Gasteiger partial charge is 0.522 e. The molecule has 1 N–H and O–H groups in total. The van der Waals surface area contributed by atoms with Crippen LogP contribution in [0.4, 0.5) is 17.6 Å². The standard InChI is InChI=1S/C10H8F4O4S/c11-7-2-1-6(9(15)16)5-8(7)19(17)4-3-18-10(12,13)14/h1-2,5H,3-4H2,(H,15,16). The summed E-state index contributed by atoms with van der Waals surface area (Å²) in [5.74, 6) is -2.90. The van der Waals surface area contributed by atoms with Gasteiger partial charge in [0, 0.05) is 0 Å². The van der Waals surface area contributed by atoms with Crippen LogP contribution in [0, 0.1) is 5.82 Å². The summed E-state index contributed by atoms with van der Waals surface area (Å²) < 4.78 is 63.3. The molecule has 0 aliphatic rings. The molecule has 1 rings (SSSR count). The number of hydrogen-bond acceptors (Lipinski definition) is 3. The summed E-state index contributed by atoms with van der Waals surface area (Å²) >= 11 is 0. The third-order valence-electron chi connectivity index (χ3n) is 1.96. The predicted molar refractivity (Wildman–Crippen MR) is 56.6 cm³/mol. The highest BCUT2D eigenvalue weighted by Gasteiger charge is 2.29. The molecule has 0 amide bonds. The van der Waals surface area contributed by atoms with Crippen molar-refractivity contribution in [3.8, 4) is 0 Å². The summed E-state index contributed by atoms with van der Waals surface area (Å²) in [6, 6.07) is 2.58. The van der Waals surface area contributed by atoms with E-state index in [1.165, 1.54) is 0 Å². The van der Waals surface area contributed by atoms with E-state index in [0.717, 1.165) is 18.2 Å². The van der Waals surface area contributed by atoms with E-state index < -0.39 is 46.2 Å².